The topological polar surface area (TPSA) is 55.8 Å². The number of hydrogen-bond donors (Lipinski definition) is 0. The van der Waals surface area contributed by atoms with Crippen molar-refractivity contribution in [1.82, 2.24) is 4.57 Å². The molecule has 224 valence electrons. The zero-order valence-electron chi connectivity index (χ0n) is 26.0. The molecule has 0 bridgehead atoms. The van der Waals surface area contributed by atoms with E-state index in [1.807, 2.05) is 36.4 Å². The highest BCUT2D eigenvalue weighted by molar-refractivity contribution is 6.10. The summed E-state index contributed by atoms with van der Waals surface area (Å²) in [6, 6.07) is 50.9. The van der Waals surface area contributed by atoms with Gasteiger partial charge in [-0.25, -0.2) is 0 Å². The van der Waals surface area contributed by atoms with E-state index in [-0.39, 0.29) is 6.04 Å². The predicted octanol–water partition coefficient (Wildman–Crippen LogP) is 10.6. The zero-order chi connectivity index (χ0) is 32.2. The summed E-state index contributed by atoms with van der Waals surface area (Å²) in [4.78, 5) is 2.44. The number of hydrogen-bond acceptors (Lipinski definition) is 3. The van der Waals surface area contributed by atoms with Crippen molar-refractivity contribution < 1.29 is 0 Å². The Morgan fingerprint density at radius 3 is 1.94 bits per heavy atom. The van der Waals surface area contributed by atoms with Gasteiger partial charge in [-0.2, -0.15) is 10.5 Å². The second-order valence-corrected chi connectivity index (χ2v) is 12.3. The molecule has 0 radical (unpaired) electrons. The van der Waals surface area contributed by atoms with E-state index in [4.69, 9.17) is 0 Å². The Balaban J connectivity index is 1.22. The minimum Gasteiger partial charge on any atom is -0.333 e. The number of para-hydroxylation sites is 3. The van der Waals surface area contributed by atoms with E-state index in [1.165, 1.54) is 11.3 Å². The fourth-order valence-electron chi connectivity index (χ4n) is 7.74. The van der Waals surface area contributed by atoms with Gasteiger partial charge >= 0.3 is 0 Å². The molecule has 2 atom stereocenters. The van der Waals surface area contributed by atoms with Crippen molar-refractivity contribution >= 4 is 33.2 Å². The molecule has 6 aromatic carbocycles. The molecule has 0 saturated carbocycles. The number of nitriles is 2. The van der Waals surface area contributed by atoms with Crippen molar-refractivity contribution in [3.8, 4) is 40.1 Å². The van der Waals surface area contributed by atoms with Gasteiger partial charge in [-0.1, -0.05) is 109 Å². The van der Waals surface area contributed by atoms with Gasteiger partial charge in [0.1, 0.15) is 6.07 Å². The van der Waals surface area contributed by atoms with Crippen LogP contribution in [-0.2, 0) is 0 Å². The molecule has 2 heterocycles. The Morgan fingerprint density at radius 1 is 0.542 bits per heavy atom. The largest absolute Gasteiger partial charge is 0.333 e. The maximum Gasteiger partial charge on any atom is 0.101 e. The third-order valence-electron chi connectivity index (χ3n) is 9.79. The summed E-state index contributed by atoms with van der Waals surface area (Å²) in [5.74, 6) is 0.314. The van der Waals surface area contributed by atoms with E-state index >= 15 is 0 Å². The van der Waals surface area contributed by atoms with Crippen LogP contribution in [0.1, 0.15) is 22.6 Å². The standard InChI is InChI=1S/C44H28N4/c45-27-32-23-24-33(28-46)44(48-41-21-7-3-17-37(41)38-18-4-8-22-42(38)48)43(32)31-13-9-11-29(25-31)30-12-10-14-34(26-30)47-39-19-5-1-15-35(39)36-16-2-6-20-40(36)47/h1-26,35,39H. The van der Waals surface area contributed by atoms with Gasteiger partial charge in [-0.15, -0.1) is 0 Å². The normalized spacial score (nSPS) is 16.1. The number of rotatable bonds is 4. The summed E-state index contributed by atoms with van der Waals surface area (Å²) in [6.07, 6.45) is 8.88. The first-order valence-corrected chi connectivity index (χ1v) is 16.1. The highest BCUT2D eigenvalue weighted by atomic mass is 15.2. The smallest absolute Gasteiger partial charge is 0.101 e. The Labute approximate surface area is 279 Å². The number of anilines is 2. The molecular weight excluding hydrogens is 585 g/mol. The lowest BCUT2D eigenvalue weighted by molar-refractivity contribution is 0.745. The van der Waals surface area contributed by atoms with E-state index in [9.17, 15) is 10.5 Å². The first-order valence-electron chi connectivity index (χ1n) is 16.1. The van der Waals surface area contributed by atoms with E-state index in [0.29, 0.717) is 17.0 Å². The van der Waals surface area contributed by atoms with Crippen LogP contribution >= 0.6 is 0 Å². The van der Waals surface area contributed by atoms with Crippen LogP contribution in [0.4, 0.5) is 11.4 Å². The van der Waals surface area contributed by atoms with Gasteiger partial charge < -0.3 is 9.47 Å². The molecule has 4 heteroatoms. The molecule has 4 nitrogen and oxygen atoms in total. The number of aromatic nitrogens is 1. The molecule has 0 spiro atoms. The minimum absolute atomic E-state index is 0.217. The number of benzene rings is 6. The molecule has 0 amide bonds. The highest BCUT2D eigenvalue weighted by Crippen LogP contribution is 2.48. The highest BCUT2D eigenvalue weighted by Gasteiger charge is 2.37. The zero-order valence-corrected chi connectivity index (χ0v) is 26.0. The molecule has 1 aliphatic carbocycles. The second kappa shape index (κ2) is 11.0. The minimum atomic E-state index is 0.217. The van der Waals surface area contributed by atoms with Gasteiger partial charge in [0, 0.05) is 33.6 Å². The Hall–Kier alpha value is -6.62. The molecule has 0 N–H and O–H groups in total. The number of allylic oxidation sites excluding steroid dienone is 2. The fraction of sp³-hybridized carbons (Fsp3) is 0.0455. The van der Waals surface area contributed by atoms with E-state index in [1.54, 1.807) is 12.1 Å². The number of fused-ring (bicyclic) bond motifs is 6. The first-order chi connectivity index (χ1) is 23.7. The van der Waals surface area contributed by atoms with Crippen LogP contribution < -0.4 is 4.90 Å². The van der Waals surface area contributed by atoms with Crippen LogP contribution in [-0.4, -0.2) is 10.6 Å². The Bertz CT molecular complexity index is 2520. The quantitative estimate of drug-likeness (QED) is 0.199. The van der Waals surface area contributed by atoms with Crippen molar-refractivity contribution in [3.05, 3.63) is 174 Å². The van der Waals surface area contributed by atoms with Crippen LogP contribution in [0.3, 0.4) is 0 Å². The summed E-state index contributed by atoms with van der Waals surface area (Å²) < 4.78 is 2.15. The molecule has 9 rings (SSSR count). The second-order valence-electron chi connectivity index (χ2n) is 12.3. The average molecular weight is 613 g/mol. The molecule has 2 aliphatic rings. The predicted molar refractivity (Wildman–Crippen MR) is 194 cm³/mol. The molecule has 2 unspecified atom stereocenters. The van der Waals surface area contributed by atoms with Crippen LogP contribution in [0.25, 0.3) is 49.7 Å². The third-order valence-corrected chi connectivity index (χ3v) is 9.79. The van der Waals surface area contributed by atoms with Crippen LogP contribution in [0.5, 0.6) is 0 Å². The average Bonchev–Trinajstić information content (AvgIpc) is 3.67. The summed E-state index contributed by atoms with van der Waals surface area (Å²) in [5.41, 5.74) is 11.2. The summed E-state index contributed by atoms with van der Waals surface area (Å²) in [5, 5.41) is 23.1. The van der Waals surface area contributed by atoms with Crippen LogP contribution in [0.2, 0.25) is 0 Å². The molecule has 0 fully saturated rings. The molecule has 0 saturated heterocycles. The SMILES string of the molecule is N#Cc1ccc(C#N)c(-n2c3ccccc3c3ccccc32)c1-c1cccc(-c2cccc(N3c4ccccc4C4C=CC=CC43)c2)c1. The van der Waals surface area contributed by atoms with Crippen LogP contribution in [0.15, 0.2) is 158 Å². The lowest BCUT2D eigenvalue weighted by Gasteiger charge is -2.29. The van der Waals surface area contributed by atoms with Gasteiger partial charge in [-0.05, 0) is 70.8 Å². The van der Waals surface area contributed by atoms with Crippen molar-refractivity contribution in [2.75, 3.05) is 4.90 Å². The summed E-state index contributed by atoms with van der Waals surface area (Å²) in [6.45, 7) is 0. The van der Waals surface area contributed by atoms with Crippen LogP contribution in [0, 0.1) is 22.7 Å². The van der Waals surface area contributed by atoms with Gasteiger partial charge in [0.2, 0.25) is 0 Å². The molecule has 7 aromatic rings. The molecule has 1 aliphatic heterocycles. The summed E-state index contributed by atoms with van der Waals surface area (Å²) >= 11 is 0. The number of nitrogens with zero attached hydrogens (tertiary/aromatic N) is 4. The van der Waals surface area contributed by atoms with Crippen molar-refractivity contribution in [2.24, 2.45) is 0 Å². The first kappa shape index (κ1) is 27.7. The molecule has 1 aromatic heterocycles. The third kappa shape index (κ3) is 4.14. The fourth-order valence-corrected chi connectivity index (χ4v) is 7.74. The van der Waals surface area contributed by atoms with Crippen molar-refractivity contribution in [1.29, 1.82) is 10.5 Å². The van der Waals surface area contributed by atoms with E-state index < -0.39 is 0 Å². The lowest BCUT2D eigenvalue weighted by Crippen LogP contribution is -2.28. The Kier molecular flexibility index (Phi) is 6.35. The van der Waals surface area contributed by atoms with E-state index in [0.717, 1.165) is 55.4 Å². The van der Waals surface area contributed by atoms with Crippen molar-refractivity contribution in [2.45, 2.75) is 12.0 Å². The molecular formula is C44H28N4. The van der Waals surface area contributed by atoms with Gasteiger partial charge in [0.05, 0.1) is 40.0 Å². The lowest BCUT2D eigenvalue weighted by atomic mass is 9.91. The summed E-state index contributed by atoms with van der Waals surface area (Å²) in [7, 11) is 0. The maximum atomic E-state index is 10.5. The van der Waals surface area contributed by atoms with Gasteiger partial charge in [-0.3, -0.25) is 0 Å². The monoisotopic (exact) mass is 612 g/mol. The van der Waals surface area contributed by atoms with E-state index in [2.05, 4.69) is 131 Å². The van der Waals surface area contributed by atoms with Crippen molar-refractivity contribution in [3.63, 3.8) is 0 Å². The van der Waals surface area contributed by atoms with Gasteiger partial charge in [0.25, 0.3) is 0 Å². The molecule has 48 heavy (non-hydrogen) atoms. The van der Waals surface area contributed by atoms with Gasteiger partial charge in [0.15, 0.2) is 0 Å². The Morgan fingerprint density at radius 2 is 1.17 bits per heavy atom. The maximum absolute atomic E-state index is 10.5.